The van der Waals surface area contributed by atoms with Gasteiger partial charge in [-0.05, 0) is 53.8 Å². The van der Waals surface area contributed by atoms with Crippen molar-refractivity contribution in [3.05, 3.63) is 65.2 Å². The van der Waals surface area contributed by atoms with Gasteiger partial charge in [0.05, 0.1) is 12.2 Å². The van der Waals surface area contributed by atoms with Crippen molar-refractivity contribution in [1.82, 2.24) is 9.80 Å². The van der Waals surface area contributed by atoms with E-state index in [2.05, 4.69) is 22.8 Å². The van der Waals surface area contributed by atoms with Gasteiger partial charge in [0.2, 0.25) is 0 Å². The van der Waals surface area contributed by atoms with Gasteiger partial charge in [-0.25, -0.2) is 0 Å². The van der Waals surface area contributed by atoms with Gasteiger partial charge < -0.3 is 15.1 Å². The Labute approximate surface area is 252 Å². The first-order valence-corrected chi connectivity index (χ1v) is 16.0. The molecule has 2 heterocycles. The number of aliphatic carboxylic acids is 1. The molecule has 1 fully saturated rings. The fraction of sp³-hybridized carbons (Fsp3) is 0.545. The van der Waals surface area contributed by atoms with Crippen LogP contribution >= 0.6 is 11.8 Å². The van der Waals surface area contributed by atoms with Crippen molar-refractivity contribution in [2.45, 2.75) is 80.7 Å². The number of carbonyl (C=O) groups is 1. The summed E-state index contributed by atoms with van der Waals surface area (Å²) in [5.41, 5.74) is 1.96. The summed E-state index contributed by atoms with van der Waals surface area (Å²) in [7, 11) is 0. The Morgan fingerprint density at radius 3 is 2.14 bits per heavy atom. The molecule has 2 aromatic rings. The maximum Gasteiger partial charge on any atom is 0.416 e. The van der Waals surface area contributed by atoms with Gasteiger partial charge in [-0.3, -0.25) is 9.69 Å². The van der Waals surface area contributed by atoms with Crippen LogP contribution in [0.15, 0.2) is 58.3 Å². The third kappa shape index (κ3) is 11.1. The third-order valence-electron chi connectivity index (χ3n) is 7.66. The zero-order valence-electron chi connectivity index (χ0n) is 24.7. The SMILES string of the molecule is CCCCCCCCCC(=O)O.OCCN1CCN(CCC=C2c3ccccc3Sc3ccc(C(F)(F)F)cc32)CC1. The van der Waals surface area contributed by atoms with Gasteiger partial charge in [0.25, 0.3) is 0 Å². The third-order valence-corrected chi connectivity index (χ3v) is 8.82. The van der Waals surface area contributed by atoms with Crippen LogP contribution in [-0.4, -0.2) is 71.9 Å². The number of piperazine rings is 1. The predicted molar refractivity (Wildman–Crippen MR) is 164 cm³/mol. The summed E-state index contributed by atoms with van der Waals surface area (Å²) in [6, 6.07) is 12.0. The van der Waals surface area contributed by atoms with Crippen molar-refractivity contribution < 1.29 is 28.2 Å². The lowest BCUT2D eigenvalue weighted by atomic mass is 9.94. The van der Waals surface area contributed by atoms with Gasteiger partial charge in [-0.1, -0.05) is 81.5 Å². The Hall–Kier alpha value is -2.33. The van der Waals surface area contributed by atoms with Crippen molar-refractivity contribution in [3.63, 3.8) is 0 Å². The average Bonchev–Trinajstić information content (AvgIpc) is 2.97. The fourth-order valence-electron chi connectivity index (χ4n) is 5.27. The zero-order chi connectivity index (χ0) is 30.4. The van der Waals surface area contributed by atoms with Gasteiger partial charge in [0.15, 0.2) is 0 Å². The zero-order valence-corrected chi connectivity index (χ0v) is 25.5. The quantitative estimate of drug-likeness (QED) is 0.194. The number of benzene rings is 2. The molecular weight excluding hydrogens is 561 g/mol. The van der Waals surface area contributed by atoms with E-state index in [0.29, 0.717) is 18.5 Å². The van der Waals surface area contributed by atoms with E-state index in [1.807, 2.05) is 24.3 Å². The molecule has 0 atom stereocenters. The predicted octanol–water partition coefficient (Wildman–Crippen LogP) is 7.81. The number of hydrogen-bond acceptors (Lipinski definition) is 5. The Morgan fingerprint density at radius 2 is 1.50 bits per heavy atom. The van der Waals surface area contributed by atoms with Gasteiger partial charge in [0, 0.05) is 55.5 Å². The molecule has 2 aliphatic heterocycles. The fourth-order valence-corrected chi connectivity index (χ4v) is 6.36. The second-order valence-electron chi connectivity index (χ2n) is 10.9. The Balaban J connectivity index is 0.000000343. The van der Waals surface area contributed by atoms with Crippen molar-refractivity contribution in [3.8, 4) is 0 Å². The summed E-state index contributed by atoms with van der Waals surface area (Å²) >= 11 is 1.53. The number of aliphatic hydroxyl groups excluding tert-OH is 1. The number of carboxylic acid groups (broad SMARTS) is 1. The van der Waals surface area contributed by atoms with Crippen LogP contribution in [0.2, 0.25) is 0 Å². The number of halogens is 3. The molecule has 5 nitrogen and oxygen atoms in total. The summed E-state index contributed by atoms with van der Waals surface area (Å²) in [5, 5.41) is 17.4. The first-order chi connectivity index (χ1) is 20.2. The van der Waals surface area contributed by atoms with Crippen molar-refractivity contribution in [2.24, 2.45) is 0 Å². The number of aliphatic hydroxyl groups is 1. The molecular formula is C33H45F3N2O3S. The van der Waals surface area contributed by atoms with E-state index >= 15 is 0 Å². The van der Waals surface area contributed by atoms with Crippen molar-refractivity contribution in [2.75, 3.05) is 45.9 Å². The second kappa shape index (κ2) is 17.7. The molecule has 2 aliphatic rings. The van der Waals surface area contributed by atoms with Gasteiger partial charge in [-0.2, -0.15) is 13.2 Å². The topological polar surface area (TPSA) is 64.0 Å². The summed E-state index contributed by atoms with van der Waals surface area (Å²) in [5.74, 6) is -0.663. The number of unbranched alkanes of at least 4 members (excludes halogenated alkanes) is 6. The highest BCUT2D eigenvalue weighted by atomic mass is 32.2. The summed E-state index contributed by atoms with van der Waals surface area (Å²) in [6.07, 6.45) is 7.17. The Kier molecular flexibility index (Phi) is 14.4. The number of nitrogens with zero attached hydrogens (tertiary/aromatic N) is 2. The Morgan fingerprint density at radius 1 is 0.881 bits per heavy atom. The molecule has 42 heavy (non-hydrogen) atoms. The number of rotatable bonds is 13. The average molecular weight is 607 g/mol. The number of alkyl halides is 3. The van der Waals surface area contributed by atoms with Crippen LogP contribution < -0.4 is 0 Å². The lowest BCUT2D eigenvalue weighted by Gasteiger charge is -2.34. The molecule has 0 saturated carbocycles. The highest BCUT2D eigenvalue weighted by Crippen LogP contribution is 2.47. The van der Waals surface area contributed by atoms with Crippen LogP contribution in [0.25, 0.3) is 5.57 Å². The van der Waals surface area contributed by atoms with E-state index in [-0.39, 0.29) is 6.61 Å². The molecule has 0 spiro atoms. The first kappa shape index (κ1) is 34.2. The van der Waals surface area contributed by atoms with Gasteiger partial charge in [0.1, 0.15) is 0 Å². The second-order valence-corrected chi connectivity index (χ2v) is 12.0. The molecule has 0 aliphatic carbocycles. The van der Waals surface area contributed by atoms with E-state index in [9.17, 15) is 18.0 Å². The summed E-state index contributed by atoms with van der Waals surface area (Å²) in [4.78, 5) is 16.7. The summed E-state index contributed by atoms with van der Waals surface area (Å²) in [6.45, 7) is 7.75. The van der Waals surface area contributed by atoms with Crippen LogP contribution in [0.5, 0.6) is 0 Å². The standard InChI is InChI=1S/C23H25F3N2OS.C10H20O2/c24-23(25,26)17-7-8-22-20(16-17)18(19-4-1-2-6-21(19)30-22)5-3-9-27-10-12-28(13-11-27)14-15-29;1-2-3-4-5-6-7-8-9-10(11)12/h1-2,4-8,16,29H,3,9-15H2;2-9H2,1H3,(H,11,12). The van der Waals surface area contributed by atoms with E-state index in [0.717, 1.165) is 72.9 Å². The van der Waals surface area contributed by atoms with E-state index in [1.54, 1.807) is 6.07 Å². The molecule has 0 aromatic heterocycles. The largest absolute Gasteiger partial charge is 0.481 e. The van der Waals surface area contributed by atoms with Crippen LogP contribution in [0.4, 0.5) is 13.2 Å². The molecule has 0 amide bonds. The van der Waals surface area contributed by atoms with Gasteiger partial charge >= 0.3 is 12.1 Å². The number of fused-ring (bicyclic) bond motifs is 2. The minimum Gasteiger partial charge on any atom is -0.481 e. The smallest absolute Gasteiger partial charge is 0.416 e. The maximum atomic E-state index is 13.3. The molecule has 2 aromatic carbocycles. The molecule has 1 saturated heterocycles. The van der Waals surface area contributed by atoms with E-state index in [4.69, 9.17) is 10.2 Å². The van der Waals surface area contributed by atoms with E-state index < -0.39 is 17.7 Å². The minimum absolute atomic E-state index is 0.183. The van der Waals surface area contributed by atoms with E-state index in [1.165, 1.54) is 56.0 Å². The molecule has 232 valence electrons. The van der Waals surface area contributed by atoms with Gasteiger partial charge in [-0.15, -0.1) is 0 Å². The lowest BCUT2D eigenvalue weighted by molar-refractivity contribution is -0.138. The molecule has 0 bridgehead atoms. The first-order valence-electron chi connectivity index (χ1n) is 15.2. The van der Waals surface area contributed by atoms with Crippen LogP contribution in [0, 0.1) is 0 Å². The highest BCUT2D eigenvalue weighted by Gasteiger charge is 2.32. The van der Waals surface area contributed by atoms with Crippen LogP contribution in [-0.2, 0) is 11.0 Å². The lowest BCUT2D eigenvalue weighted by Crippen LogP contribution is -2.47. The number of carboxylic acids is 1. The maximum absolute atomic E-state index is 13.3. The minimum atomic E-state index is -4.35. The highest BCUT2D eigenvalue weighted by molar-refractivity contribution is 7.99. The molecule has 0 unspecified atom stereocenters. The number of β-amino-alcohol motifs (C(OH)–C–C–N with tert-alkyl or cyclic N) is 1. The normalized spacial score (nSPS) is 16.5. The summed E-state index contributed by atoms with van der Waals surface area (Å²) < 4.78 is 39.9. The molecule has 9 heteroatoms. The van der Waals surface area contributed by atoms with Crippen LogP contribution in [0.3, 0.4) is 0 Å². The van der Waals surface area contributed by atoms with Crippen LogP contribution in [0.1, 0.15) is 81.4 Å². The van der Waals surface area contributed by atoms with Crippen molar-refractivity contribution in [1.29, 1.82) is 0 Å². The Bertz CT molecular complexity index is 1150. The molecule has 2 N–H and O–H groups in total. The molecule has 0 radical (unpaired) electrons. The van der Waals surface area contributed by atoms with Crippen molar-refractivity contribution >= 4 is 23.3 Å². The monoisotopic (exact) mass is 606 g/mol. The molecule has 4 rings (SSSR count). The number of hydrogen-bond donors (Lipinski definition) is 2.